The predicted molar refractivity (Wildman–Crippen MR) is 37.9 cm³/mol. The Kier molecular flexibility index (Phi) is 3.74. The quantitative estimate of drug-likeness (QED) is 0.121. The second-order valence-corrected chi connectivity index (χ2v) is 1.48. The van der Waals surface area contributed by atoms with Crippen LogP contribution in [0.3, 0.4) is 0 Å². The third kappa shape index (κ3) is 2.73. The molecule has 1 amide bonds. The molecule has 0 saturated heterocycles. The van der Waals surface area contributed by atoms with Gasteiger partial charge in [-0.1, -0.05) is 0 Å². The highest BCUT2D eigenvalue weighted by molar-refractivity contribution is 5.92. The van der Waals surface area contributed by atoms with Crippen molar-refractivity contribution in [1.82, 2.24) is 5.43 Å². The van der Waals surface area contributed by atoms with Gasteiger partial charge in [0.1, 0.15) is 0 Å². The minimum atomic E-state index is -0.530. The maximum atomic E-state index is 10.5. The zero-order valence-electron chi connectivity index (χ0n) is 5.37. The topological polar surface area (TPSA) is 107 Å². The Labute approximate surface area is 58.5 Å². The molecule has 0 spiro atoms. The average molecular weight is 142 g/mol. The normalized spacial score (nSPS) is 11.9. The van der Waals surface area contributed by atoms with E-state index in [1.807, 2.05) is 5.43 Å². The number of hydrogen-bond donors (Lipinski definition) is 4. The van der Waals surface area contributed by atoms with Crippen molar-refractivity contribution in [1.29, 1.82) is 0 Å². The fourth-order valence-electron chi connectivity index (χ4n) is 0.318. The van der Waals surface area contributed by atoms with Crippen molar-refractivity contribution in [3.63, 3.8) is 0 Å². The molecule has 56 valence electrons. The second-order valence-electron chi connectivity index (χ2n) is 1.48. The van der Waals surface area contributed by atoms with Crippen molar-refractivity contribution < 1.29 is 4.79 Å². The van der Waals surface area contributed by atoms with Gasteiger partial charge in [0.2, 0.25) is 0 Å². The molecule has 5 nitrogen and oxygen atoms in total. The lowest BCUT2D eigenvalue weighted by atomic mass is 10.4. The van der Waals surface area contributed by atoms with Crippen LogP contribution in [0.2, 0.25) is 0 Å². The second kappa shape index (κ2) is 4.39. The van der Waals surface area contributed by atoms with E-state index in [1.165, 1.54) is 18.4 Å². The first-order chi connectivity index (χ1) is 4.72. The van der Waals surface area contributed by atoms with Crippen LogP contribution in [0.25, 0.3) is 0 Å². The van der Waals surface area contributed by atoms with Crippen LogP contribution in [0, 0.1) is 0 Å². The zero-order valence-corrected chi connectivity index (χ0v) is 5.37. The maximum absolute atomic E-state index is 10.5. The molecule has 0 aromatic rings. The molecule has 5 heteroatoms. The molecule has 7 N–H and O–H groups in total. The number of hydrogen-bond acceptors (Lipinski definition) is 4. The summed E-state index contributed by atoms with van der Waals surface area (Å²) in [6.45, 7) is 0. The first-order valence-electron chi connectivity index (χ1n) is 2.57. The molecule has 0 aromatic heterocycles. The summed E-state index contributed by atoms with van der Waals surface area (Å²) in [5.74, 6) is 4.24. The Balaban J connectivity index is 4.05. The Bertz CT molecular complexity index is 172. The standard InChI is InChI=1S/C5H10N4O/c6-3-1-2-4(7)5(10)9-8/h1-3H,6-8H2,(H,9,10)/b3-1-,4-2-. The molecule has 0 aliphatic carbocycles. The smallest absolute Gasteiger partial charge is 0.281 e. The zero-order chi connectivity index (χ0) is 7.98. The number of carbonyl (C=O) groups excluding carboxylic acids is 1. The summed E-state index contributed by atoms with van der Waals surface area (Å²) in [4.78, 5) is 10.5. The molecule has 10 heavy (non-hydrogen) atoms. The van der Waals surface area contributed by atoms with Gasteiger partial charge < -0.3 is 11.5 Å². The van der Waals surface area contributed by atoms with Gasteiger partial charge in [-0.15, -0.1) is 0 Å². The van der Waals surface area contributed by atoms with E-state index in [9.17, 15) is 4.79 Å². The number of carbonyl (C=O) groups is 1. The first kappa shape index (κ1) is 8.51. The number of nitrogens with one attached hydrogen (secondary N) is 1. The number of allylic oxidation sites excluding steroid dienone is 2. The summed E-state index contributed by atoms with van der Waals surface area (Å²) >= 11 is 0. The predicted octanol–water partition coefficient (Wildman–Crippen LogP) is -1.71. The lowest BCUT2D eigenvalue weighted by Gasteiger charge is -1.95. The molecule has 0 radical (unpaired) electrons. The number of amides is 1. The van der Waals surface area contributed by atoms with Gasteiger partial charge in [-0.2, -0.15) is 0 Å². The molecular formula is C5H10N4O. The molecular weight excluding hydrogens is 132 g/mol. The SMILES string of the molecule is N/C=C\C=C(/N)C(=O)NN. The molecule has 0 fully saturated rings. The summed E-state index contributed by atoms with van der Waals surface area (Å²) in [7, 11) is 0. The Morgan fingerprint density at radius 1 is 1.50 bits per heavy atom. The van der Waals surface area contributed by atoms with E-state index >= 15 is 0 Å². The van der Waals surface area contributed by atoms with Gasteiger partial charge in [-0.25, -0.2) is 5.84 Å². The molecule has 0 saturated carbocycles. The van der Waals surface area contributed by atoms with Gasteiger partial charge >= 0.3 is 0 Å². The highest BCUT2D eigenvalue weighted by atomic mass is 16.2. The van der Waals surface area contributed by atoms with E-state index in [2.05, 4.69) is 0 Å². The van der Waals surface area contributed by atoms with Crippen LogP contribution in [-0.4, -0.2) is 5.91 Å². The molecule has 0 aliphatic heterocycles. The van der Waals surface area contributed by atoms with Gasteiger partial charge in [-0.05, 0) is 18.4 Å². The minimum absolute atomic E-state index is 0.0178. The average Bonchev–Trinajstić information content (AvgIpc) is 1.98. The Morgan fingerprint density at radius 3 is 2.50 bits per heavy atom. The van der Waals surface area contributed by atoms with Gasteiger partial charge in [0, 0.05) is 0 Å². The highest BCUT2D eigenvalue weighted by Gasteiger charge is 1.97. The summed E-state index contributed by atoms with van der Waals surface area (Å²) in [6.07, 6.45) is 4.05. The minimum Gasteiger partial charge on any atom is -0.405 e. The van der Waals surface area contributed by atoms with Crippen LogP contribution in [0.5, 0.6) is 0 Å². The van der Waals surface area contributed by atoms with E-state index in [0.717, 1.165) is 0 Å². The van der Waals surface area contributed by atoms with Crippen molar-refractivity contribution in [2.24, 2.45) is 17.3 Å². The monoisotopic (exact) mass is 142 g/mol. The number of nitrogens with two attached hydrogens (primary N) is 3. The summed E-state index contributed by atoms with van der Waals surface area (Å²) in [5, 5.41) is 0. The van der Waals surface area contributed by atoms with E-state index in [-0.39, 0.29) is 5.70 Å². The van der Waals surface area contributed by atoms with Crippen LogP contribution in [0.1, 0.15) is 0 Å². The lowest BCUT2D eigenvalue weighted by Crippen LogP contribution is -2.33. The molecule has 0 aliphatic rings. The first-order valence-corrected chi connectivity index (χ1v) is 2.57. The van der Waals surface area contributed by atoms with Crippen LogP contribution >= 0.6 is 0 Å². The van der Waals surface area contributed by atoms with Crippen molar-refractivity contribution >= 4 is 5.91 Å². The molecule has 0 heterocycles. The van der Waals surface area contributed by atoms with Gasteiger partial charge in [0.15, 0.2) is 0 Å². The molecule has 0 atom stereocenters. The van der Waals surface area contributed by atoms with Crippen molar-refractivity contribution in [2.45, 2.75) is 0 Å². The largest absolute Gasteiger partial charge is 0.405 e. The van der Waals surface area contributed by atoms with Gasteiger partial charge in [-0.3, -0.25) is 10.2 Å². The van der Waals surface area contributed by atoms with Crippen molar-refractivity contribution in [3.8, 4) is 0 Å². The fourth-order valence-corrected chi connectivity index (χ4v) is 0.318. The van der Waals surface area contributed by atoms with E-state index in [0.29, 0.717) is 0 Å². The number of hydrazine groups is 1. The molecule has 0 bridgehead atoms. The van der Waals surface area contributed by atoms with E-state index in [1.54, 1.807) is 0 Å². The van der Waals surface area contributed by atoms with Crippen molar-refractivity contribution in [3.05, 3.63) is 24.0 Å². The molecule has 0 aromatic carbocycles. The summed E-state index contributed by atoms with van der Waals surface area (Å²) in [6, 6.07) is 0. The van der Waals surface area contributed by atoms with Crippen LogP contribution in [-0.2, 0) is 4.79 Å². The highest BCUT2D eigenvalue weighted by Crippen LogP contribution is 1.82. The summed E-state index contributed by atoms with van der Waals surface area (Å²) < 4.78 is 0. The number of rotatable bonds is 2. The van der Waals surface area contributed by atoms with Crippen molar-refractivity contribution in [2.75, 3.05) is 0 Å². The summed E-state index contributed by atoms with van der Waals surface area (Å²) in [5.41, 5.74) is 12.0. The van der Waals surface area contributed by atoms with Gasteiger partial charge in [0.25, 0.3) is 5.91 Å². The maximum Gasteiger partial charge on any atom is 0.281 e. The van der Waals surface area contributed by atoms with Gasteiger partial charge in [0.05, 0.1) is 5.70 Å². The fraction of sp³-hybridized carbons (Fsp3) is 0. The third-order valence-corrected chi connectivity index (χ3v) is 0.780. The van der Waals surface area contributed by atoms with E-state index < -0.39 is 5.91 Å². The van der Waals surface area contributed by atoms with Crippen LogP contribution in [0.4, 0.5) is 0 Å². The van der Waals surface area contributed by atoms with Crippen LogP contribution < -0.4 is 22.7 Å². The Hall–Kier alpha value is -1.49. The third-order valence-electron chi connectivity index (χ3n) is 0.780. The molecule has 0 rings (SSSR count). The Morgan fingerprint density at radius 2 is 2.10 bits per heavy atom. The van der Waals surface area contributed by atoms with E-state index in [4.69, 9.17) is 17.3 Å². The lowest BCUT2D eigenvalue weighted by molar-refractivity contribution is -0.117. The molecule has 0 unspecified atom stereocenters. The van der Waals surface area contributed by atoms with Crippen LogP contribution in [0.15, 0.2) is 24.0 Å².